The van der Waals surface area contributed by atoms with Crippen LogP contribution in [0.25, 0.3) is 0 Å². The van der Waals surface area contributed by atoms with Gasteiger partial charge in [0.2, 0.25) is 21.8 Å². The summed E-state index contributed by atoms with van der Waals surface area (Å²) >= 11 is 0. The van der Waals surface area contributed by atoms with Crippen LogP contribution < -0.4 is 10.0 Å². The average molecular weight is 549 g/mol. The Morgan fingerprint density at radius 3 is 2.11 bits per heavy atom. The highest BCUT2D eigenvalue weighted by atomic mass is 32.2. The number of ether oxygens (including phenoxy) is 1. The summed E-state index contributed by atoms with van der Waals surface area (Å²) in [5.74, 6) is -2.48. The van der Waals surface area contributed by atoms with Crippen LogP contribution in [0, 0.1) is 16.0 Å². The van der Waals surface area contributed by atoms with E-state index in [2.05, 4.69) is 14.8 Å². The lowest BCUT2D eigenvalue weighted by molar-refractivity contribution is -0.384. The van der Waals surface area contributed by atoms with Gasteiger partial charge in [0, 0.05) is 25.6 Å². The standard InChI is InChI=1S/C25H32N4O8S/c1-16(2)22(27-38(35,36)20-13-11-19(12-14-20)29(33)34)24(31)28(4)21(15-18-9-7-6-8-10-18)23(30)26-17(3)25(32)37-5/h6-14,16-17,21-22,27H,15H2,1-5H3,(H,26,30)/t17-,21-,22-/m0/s1. The van der Waals surface area contributed by atoms with E-state index in [0.717, 1.165) is 34.7 Å². The molecule has 0 aliphatic rings. The smallest absolute Gasteiger partial charge is 0.328 e. The number of non-ortho nitro benzene ring substituents is 1. The van der Waals surface area contributed by atoms with Crippen molar-refractivity contribution in [2.24, 2.45) is 5.92 Å². The van der Waals surface area contributed by atoms with Crippen molar-refractivity contribution in [3.05, 3.63) is 70.3 Å². The van der Waals surface area contributed by atoms with Gasteiger partial charge in [-0.1, -0.05) is 44.2 Å². The van der Waals surface area contributed by atoms with E-state index < -0.39 is 56.8 Å². The zero-order valence-corrected chi connectivity index (χ0v) is 22.6. The van der Waals surface area contributed by atoms with Crippen molar-refractivity contribution in [3.8, 4) is 0 Å². The molecule has 38 heavy (non-hydrogen) atoms. The van der Waals surface area contributed by atoms with E-state index in [1.54, 1.807) is 44.2 Å². The minimum absolute atomic E-state index is 0.0999. The molecule has 0 radical (unpaired) electrons. The number of nitro benzene ring substituents is 1. The van der Waals surface area contributed by atoms with Crippen molar-refractivity contribution >= 4 is 33.5 Å². The van der Waals surface area contributed by atoms with Gasteiger partial charge in [0.25, 0.3) is 5.69 Å². The number of carbonyl (C=O) groups excluding carboxylic acids is 3. The Morgan fingerprint density at radius 2 is 1.61 bits per heavy atom. The number of rotatable bonds is 12. The highest BCUT2D eigenvalue weighted by molar-refractivity contribution is 7.89. The van der Waals surface area contributed by atoms with Crippen LogP contribution in [0.2, 0.25) is 0 Å². The molecule has 0 fully saturated rings. The van der Waals surface area contributed by atoms with Crippen molar-refractivity contribution < 1.29 is 32.5 Å². The van der Waals surface area contributed by atoms with E-state index >= 15 is 0 Å². The highest BCUT2D eigenvalue weighted by Gasteiger charge is 2.36. The molecule has 0 saturated heterocycles. The Labute approximate surface area is 221 Å². The molecule has 206 valence electrons. The lowest BCUT2D eigenvalue weighted by Gasteiger charge is -2.32. The third-order valence-corrected chi connectivity index (χ3v) is 7.33. The van der Waals surface area contributed by atoms with Gasteiger partial charge in [-0.05, 0) is 30.5 Å². The van der Waals surface area contributed by atoms with Gasteiger partial charge in [0.15, 0.2) is 0 Å². The second kappa shape index (κ2) is 13.1. The maximum atomic E-state index is 13.6. The molecule has 2 rings (SSSR count). The fourth-order valence-corrected chi connectivity index (χ4v) is 4.95. The van der Waals surface area contributed by atoms with Crippen molar-refractivity contribution in [2.75, 3.05) is 14.2 Å². The van der Waals surface area contributed by atoms with Gasteiger partial charge in [-0.2, -0.15) is 4.72 Å². The van der Waals surface area contributed by atoms with E-state index in [1.807, 2.05) is 0 Å². The summed E-state index contributed by atoms with van der Waals surface area (Å²) in [4.78, 5) is 49.8. The topological polar surface area (TPSA) is 165 Å². The van der Waals surface area contributed by atoms with Crippen LogP contribution in [0.15, 0.2) is 59.5 Å². The zero-order chi connectivity index (χ0) is 28.6. The van der Waals surface area contributed by atoms with Crippen molar-refractivity contribution in [1.82, 2.24) is 14.9 Å². The number of nitrogens with zero attached hydrogens (tertiary/aromatic N) is 2. The van der Waals surface area contributed by atoms with Gasteiger partial charge < -0.3 is 15.0 Å². The fourth-order valence-electron chi connectivity index (χ4n) is 3.61. The molecule has 13 heteroatoms. The largest absolute Gasteiger partial charge is 0.467 e. The Morgan fingerprint density at radius 1 is 1.03 bits per heavy atom. The van der Waals surface area contributed by atoms with Crippen LogP contribution in [0.5, 0.6) is 0 Å². The van der Waals surface area contributed by atoms with E-state index in [0.29, 0.717) is 0 Å². The first-order valence-corrected chi connectivity index (χ1v) is 13.2. The van der Waals surface area contributed by atoms with Gasteiger partial charge in [0.05, 0.1) is 16.9 Å². The Bertz CT molecular complexity index is 1250. The van der Waals surface area contributed by atoms with Gasteiger partial charge in [0.1, 0.15) is 18.1 Å². The third-order valence-electron chi connectivity index (χ3n) is 5.88. The molecule has 2 aromatic carbocycles. The number of amides is 2. The molecule has 0 heterocycles. The van der Waals surface area contributed by atoms with E-state index in [9.17, 15) is 32.9 Å². The molecule has 3 atom stereocenters. The van der Waals surface area contributed by atoms with Crippen molar-refractivity contribution in [1.29, 1.82) is 0 Å². The number of methoxy groups -OCH3 is 1. The number of esters is 1. The fraction of sp³-hybridized carbons (Fsp3) is 0.400. The number of nitro groups is 1. The Balaban J connectivity index is 2.35. The molecule has 0 bridgehead atoms. The summed E-state index contributed by atoms with van der Waals surface area (Å²) in [5, 5.41) is 13.4. The molecule has 2 amide bonds. The molecular formula is C25H32N4O8S. The summed E-state index contributed by atoms with van der Waals surface area (Å²) in [6, 6.07) is 9.84. The van der Waals surface area contributed by atoms with Gasteiger partial charge in [-0.25, -0.2) is 13.2 Å². The van der Waals surface area contributed by atoms with Crippen LogP contribution in [0.3, 0.4) is 0 Å². The van der Waals surface area contributed by atoms with E-state index in [1.165, 1.54) is 21.1 Å². The summed E-state index contributed by atoms with van der Waals surface area (Å²) < 4.78 is 33.1. The molecule has 2 aromatic rings. The molecule has 0 aliphatic heterocycles. The molecule has 0 aliphatic carbocycles. The lowest BCUT2D eigenvalue weighted by atomic mass is 10.00. The number of hydrogen-bond donors (Lipinski definition) is 2. The monoisotopic (exact) mass is 548 g/mol. The lowest BCUT2D eigenvalue weighted by Crippen LogP contribution is -2.57. The maximum absolute atomic E-state index is 13.6. The van der Waals surface area contributed by atoms with Gasteiger partial charge in [-0.15, -0.1) is 0 Å². The molecule has 0 unspecified atom stereocenters. The SMILES string of the molecule is COC(=O)[C@H](C)NC(=O)[C@H](Cc1ccccc1)N(C)C(=O)[C@@H](NS(=O)(=O)c1ccc([N+](=O)[O-])cc1)C(C)C. The molecule has 0 aromatic heterocycles. The predicted molar refractivity (Wildman–Crippen MR) is 138 cm³/mol. The summed E-state index contributed by atoms with van der Waals surface area (Å²) in [6.07, 6.45) is 0.0999. The molecular weight excluding hydrogens is 516 g/mol. The number of sulfonamides is 1. The minimum Gasteiger partial charge on any atom is -0.467 e. The number of carbonyl (C=O) groups is 3. The number of likely N-dealkylation sites (N-methyl/N-ethyl adjacent to an activating group) is 1. The van der Waals surface area contributed by atoms with E-state index in [-0.39, 0.29) is 17.0 Å². The number of hydrogen-bond acceptors (Lipinski definition) is 8. The number of nitrogens with one attached hydrogen (secondary N) is 2. The first-order chi connectivity index (χ1) is 17.8. The van der Waals surface area contributed by atoms with Crippen LogP contribution >= 0.6 is 0 Å². The zero-order valence-electron chi connectivity index (χ0n) is 21.8. The average Bonchev–Trinajstić information content (AvgIpc) is 2.89. The van der Waals surface area contributed by atoms with Crippen LogP contribution in [-0.2, 0) is 35.6 Å². The first-order valence-electron chi connectivity index (χ1n) is 11.7. The molecule has 12 nitrogen and oxygen atoms in total. The first kappa shape index (κ1) is 30.4. The van der Waals surface area contributed by atoms with Crippen molar-refractivity contribution in [3.63, 3.8) is 0 Å². The van der Waals surface area contributed by atoms with Crippen LogP contribution in [-0.4, -0.2) is 68.3 Å². The Kier molecular flexibility index (Phi) is 10.5. The molecule has 0 spiro atoms. The quantitative estimate of drug-likeness (QED) is 0.230. The maximum Gasteiger partial charge on any atom is 0.328 e. The van der Waals surface area contributed by atoms with Crippen molar-refractivity contribution in [2.45, 2.75) is 50.2 Å². The molecule has 2 N–H and O–H groups in total. The van der Waals surface area contributed by atoms with E-state index in [4.69, 9.17) is 0 Å². The van der Waals surface area contributed by atoms with Crippen LogP contribution in [0.1, 0.15) is 26.3 Å². The second-order valence-electron chi connectivity index (χ2n) is 9.00. The highest BCUT2D eigenvalue weighted by Crippen LogP contribution is 2.19. The predicted octanol–water partition coefficient (Wildman–Crippen LogP) is 1.65. The summed E-state index contributed by atoms with van der Waals surface area (Å²) in [5.41, 5.74) is 0.460. The summed E-state index contributed by atoms with van der Waals surface area (Å²) in [7, 11) is -1.68. The molecule has 0 saturated carbocycles. The van der Waals surface area contributed by atoms with Gasteiger partial charge in [-0.3, -0.25) is 19.7 Å². The normalized spacial score (nSPS) is 13.7. The van der Waals surface area contributed by atoms with Crippen LogP contribution in [0.4, 0.5) is 5.69 Å². The van der Waals surface area contributed by atoms with Gasteiger partial charge >= 0.3 is 5.97 Å². The Hall–Kier alpha value is -3.84. The number of benzene rings is 2. The third kappa shape index (κ3) is 7.83. The second-order valence-corrected chi connectivity index (χ2v) is 10.7. The summed E-state index contributed by atoms with van der Waals surface area (Å²) in [6.45, 7) is 4.72. The minimum atomic E-state index is -4.25.